The molecule has 1 unspecified atom stereocenters. The molecule has 0 bridgehead atoms. The summed E-state index contributed by atoms with van der Waals surface area (Å²) >= 11 is 3.14. The maximum Gasteiger partial charge on any atom is 0.336 e. The zero-order valence-electron chi connectivity index (χ0n) is 8.20. The summed E-state index contributed by atoms with van der Waals surface area (Å²) in [6.07, 6.45) is 0.811. The molecule has 1 aromatic rings. The zero-order valence-corrected chi connectivity index (χ0v) is 10.6. The first-order chi connectivity index (χ1) is 7.06. The van der Waals surface area contributed by atoms with Crippen molar-refractivity contribution >= 4 is 32.7 Å². The highest BCUT2D eigenvalue weighted by molar-refractivity contribution is 9.10. The number of benzene rings is 1. The van der Waals surface area contributed by atoms with Crippen LogP contribution >= 0.6 is 15.9 Å². The van der Waals surface area contributed by atoms with Crippen LogP contribution in [0.3, 0.4) is 0 Å². The molecule has 1 aromatic carbocycles. The predicted octanol–water partition coefficient (Wildman–Crippen LogP) is 2.66. The molecule has 1 atom stereocenters. The van der Waals surface area contributed by atoms with E-state index in [4.69, 9.17) is 5.11 Å². The molecule has 0 amide bonds. The van der Waals surface area contributed by atoms with Crippen LogP contribution in [0.5, 0.6) is 0 Å². The Hall–Kier alpha value is -0.680. The molecule has 0 spiro atoms. The second-order valence-electron chi connectivity index (χ2n) is 3.00. The first kappa shape index (κ1) is 12.4. The van der Waals surface area contributed by atoms with E-state index in [0.717, 1.165) is 6.42 Å². The van der Waals surface area contributed by atoms with Gasteiger partial charge in [-0.15, -0.1) is 0 Å². The van der Waals surface area contributed by atoms with E-state index in [1.165, 1.54) is 6.07 Å². The topological polar surface area (TPSA) is 54.4 Å². The lowest BCUT2D eigenvalue weighted by Gasteiger charge is -2.03. The second kappa shape index (κ2) is 5.42. The fraction of sp³-hybridized carbons (Fsp3) is 0.300. The molecule has 1 N–H and O–H groups in total. The summed E-state index contributed by atoms with van der Waals surface area (Å²) in [6.45, 7) is 1.94. The summed E-state index contributed by atoms with van der Waals surface area (Å²) in [5, 5.41) is 8.87. The highest BCUT2D eigenvalue weighted by Gasteiger charge is 2.11. The summed E-state index contributed by atoms with van der Waals surface area (Å²) < 4.78 is 12.1. The summed E-state index contributed by atoms with van der Waals surface area (Å²) in [7, 11) is -1.10. The number of hydrogen-bond donors (Lipinski definition) is 1. The smallest absolute Gasteiger partial charge is 0.336 e. The van der Waals surface area contributed by atoms with Crippen LogP contribution in [-0.4, -0.2) is 21.0 Å². The molecule has 0 radical (unpaired) electrons. The fourth-order valence-corrected chi connectivity index (χ4v) is 2.60. The highest BCUT2D eigenvalue weighted by atomic mass is 79.9. The van der Waals surface area contributed by atoms with Gasteiger partial charge in [-0.05, 0) is 40.5 Å². The Morgan fingerprint density at radius 3 is 2.73 bits per heavy atom. The Kier molecular flexibility index (Phi) is 4.47. The molecule has 0 aliphatic rings. The van der Waals surface area contributed by atoms with Crippen molar-refractivity contribution < 1.29 is 14.1 Å². The van der Waals surface area contributed by atoms with Crippen LogP contribution in [0.2, 0.25) is 0 Å². The van der Waals surface area contributed by atoms with Gasteiger partial charge in [-0.3, -0.25) is 4.21 Å². The fourth-order valence-electron chi connectivity index (χ4n) is 1.11. The lowest BCUT2D eigenvalue weighted by molar-refractivity contribution is 0.0695. The van der Waals surface area contributed by atoms with Crippen molar-refractivity contribution in [2.75, 3.05) is 5.75 Å². The van der Waals surface area contributed by atoms with E-state index >= 15 is 0 Å². The summed E-state index contributed by atoms with van der Waals surface area (Å²) in [4.78, 5) is 11.4. The van der Waals surface area contributed by atoms with Crippen molar-refractivity contribution in [3.05, 3.63) is 28.2 Å². The second-order valence-corrected chi connectivity index (χ2v) is 5.42. The number of halogens is 1. The third-order valence-corrected chi connectivity index (χ3v) is 4.07. The van der Waals surface area contributed by atoms with E-state index in [-0.39, 0.29) is 5.56 Å². The molecule has 0 aliphatic carbocycles. The largest absolute Gasteiger partial charge is 0.478 e. The van der Waals surface area contributed by atoms with Gasteiger partial charge in [0, 0.05) is 15.1 Å². The van der Waals surface area contributed by atoms with Crippen molar-refractivity contribution in [2.24, 2.45) is 0 Å². The minimum absolute atomic E-state index is 0.150. The molecule has 0 saturated heterocycles. The predicted molar refractivity (Wildman–Crippen MR) is 62.7 cm³/mol. The van der Waals surface area contributed by atoms with Gasteiger partial charge in [0.05, 0.1) is 16.4 Å². The molecule has 0 heterocycles. The standard InChI is InChI=1S/C10H11BrO3S/c1-2-5-15(14)7-3-4-9(11)8(6-7)10(12)13/h3-4,6H,2,5H2,1H3,(H,12,13). The lowest BCUT2D eigenvalue weighted by Crippen LogP contribution is -2.02. The third-order valence-electron chi connectivity index (χ3n) is 1.82. The van der Waals surface area contributed by atoms with Crippen LogP contribution < -0.4 is 0 Å². The number of carboxylic acid groups (broad SMARTS) is 1. The number of carboxylic acids is 1. The molecule has 0 aliphatic heterocycles. The molecule has 3 nitrogen and oxygen atoms in total. The van der Waals surface area contributed by atoms with Gasteiger partial charge in [-0.25, -0.2) is 4.79 Å². The Bertz CT molecular complexity index is 404. The van der Waals surface area contributed by atoms with E-state index in [1.54, 1.807) is 12.1 Å². The van der Waals surface area contributed by atoms with Gasteiger partial charge < -0.3 is 5.11 Å². The molecule has 0 saturated carbocycles. The van der Waals surface area contributed by atoms with Gasteiger partial charge in [-0.2, -0.15) is 0 Å². The molecular formula is C10H11BrO3S. The van der Waals surface area contributed by atoms with Gasteiger partial charge in [0.2, 0.25) is 0 Å². The van der Waals surface area contributed by atoms with Crippen LogP contribution in [0.15, 0.2) is 27.6 Å². The van der Waals surface area contributed by atoms with Gasteiger partial charge in [-0.1, -0.05) is 6.92 Å². The van der Waals surface area contributed by atoms with Crippen molar-refractivity contribution in [3.8, 4) is 0 Å². The minimum Gasteiger partial charge on any atom is -0.478 e. The Labute approximate surface area is 99.1 Å². The van der Waals surface area contributed by atoms with E-state index in [1.807, 2.05) is 6.92 Å². The average molecular weight is 291 g/mol. The molecule has 0 fully saturated rings. The Morgan fingerprint density at radius 2 is 2.20 bits per heavy atom. The van der Waals surface area contributed by atoms with Crippen molar-refractivity contribution in [1.82, 2.24) is 0 Å². The Morgan fingerprint density at radius 1 is 1.53 bits per heavy atom. The van der Waals surface area contributed by atoms with Gasteiger partial charge in [0.1, 0.15) is 0 Å². The van der Waals surface area contributed by atoms with E-state index in [2.05, 4.69) is 15.9 Å². The van der Waals surface area contributed by atoms with Gasteiger partial charge in [0.15, 0.2) is 0 Å². The van der Waals surface area contributed by atoms with Crippen molar-refractivity contribution in [2.45, 2.75) is 18.2 Å². The van der Waals surface area contributed by atoms with E-state index in [9.17, 15) is 9.00 Å². The Balaban J connectivity index is 3.07. The number of carbonyl (C=O) groups is 1. The van der Waals surface area contributed by atoms with Gasteiger partial charge in [0.25, 0.3) is 0 Å². The maximum atomic E-state index is 11.6. The monoisotopic (exact) mass is 290 g/mol. The molecule has 82 valence electrons. The zero-order chi connectivity index (χ0) is 11.4. The number of hydrogen-bond acceptors (Lipinski definition) is 2. The van der Waals surface area contributed by atoms with Crippen LogP contribution in [-0.2, 0) is 10.8 Å². The number of aromatic carboxylic acids is 1. The molecule has 1 rings (SSSR count). The van der Waals surface area contributed by atoms with Crippen molar-refractivity contribution in [1.29, 1.82) is 0 Å². The summed E-state index contributed by atoms with van der Waals surface area (Å²) in [5.41, 5.74) is 0.150. The van der Waals surface area contributed by atoms with Crippen molar-refractivity contribution in [3.63, 3.8) is 0 Å². The molecular weight excluding hydrogens is 280 g/mol. The summed E-state index contributed by atoms with van der Waals surface area (Å²) in [5.74, 6) is -0.460. The van der Waals surface area contributed by atoms with Crippen LogP contribution in [0, 0.1) is 0 Å². The highest BCUT2D eigenvalue weighted by Crippen LogP contribution is 2.20. The SMILES string of the molecule is CCCS(=O)c1ccc(Br)c(C(=O)O)c1. The lowest BCUT2D eigenvalue weighted by atomic mass is 10.2. The summed E-state index contributed by atoms with van der Waals surface area (Å²) in [6, 6.07) is 4.76. The van der Waals surface area contributed by atoms with E-state index in [0.29, 0.717) is 15.1 Å². The molecule has 5 heteroatoms. The first-order valence-corrected chi connectivity index (χ1v) is 6.58. The third kappa shape index (κ3) is 3.14. The van der Waals surface area contributed by atoms with E-state index < -0.39 is 16.8 Å². The molecule has 15 heavy (non-hydrogen) atoms. The maximum absolute atomic E-state index is 11.6. The average Bonchev–Trinajstić information content (AvgIpc) is 2.18. The normalized spacial score (nSPS) is 12.4. The first-order valence-electron chi connectivity index (χ1n) is 4.47. The van der Waals surface area contributed by atoms with Crippen LogP contribution in [0.1, 0.15) is 23.7 Å². The number of rotatable bonds is 4. The van der Waals surface area contributed by atoms with Crippen LogP contribution in [0.25, 0.3) is 0 Å². The quantitative estimate of drug-likeness (QED) is 0.928. The molecule has 0 aromatic heterocycles. The van der Waals surface area contributed by atoms with Crippen LogP contribution in [0.4, 0.5) is 0 Å². The van der Waals surface area contributed by atoms with Gasteiger partial charge >= 0.3 is 5.97 Å². The minimum atomic E-state index is -1.10.